The molecule has 0 bridgehead atoms. The molecule has 2 rings (SSSR count). The number of hydrogen-bond donors (Lipinski definition) is 1. The van der Waals surface area contributed by atoms with E-state index in [1.54, 1.807) is 0 Å². The van der Waals surface area contributed by atoms with E-state index in [0.717, 1.165) is 25.4 Å². The van der Waals surface area contributed by atoms with Crippen molar-refractivity contribution in [3.8, 4) is 0 Å². The summed E-state index contributed by atoms with van der Waals surface area (Å²) in [7, 11) is -2.74. The fourth-order valence-electron chi connectivity index (χ4n) is 2.87. The van der Waals surface area contributed by atoms with Crippen LogP contribution in [0.3, 0.4) is 0 Å². The predicted molar refractivity (Wildman–Crippen MR) is 69.9 cm³/mol. The van der Waals surface area contributed by atoms with Crippen molar-refractivity contribution in [1.82, 2.24) is 10.2 Å². The van der Waals surface area contributed by atoms with Gasteiger partial charge >= 0.3 is 0 Å². The van der Waals surface area contributed by atoms with E-state index in [2.05, 4.69) is 17.1 Å². The Morgan fingerprint density at radius 3 is 2.82 bits per heavy atom. The van der Waals surface area contributed by atoms with Crippen LogP contribution in [-0.2, 0) is 9.84 Å². The number of nitrogens with zero attached hydrogens (tertiary/aromatic N) is 1. The molecule has 0 amide bonds. The average molecular weight is 260 g/mol. The highest BCUT2D eigenvalue weighted by atomic mass is 32.2. The van der Waals surface area contributed by atoms with E-state index in [0.29, 0.717) is 11.5 Å². The van der Waals surface area contributed by atoms with Crippen LogP contribution in [0.25, 0.3) is 0 Å². The summed E-state index contributed by atoms with van der Waals surface area (Å²) in [6, 6.07) is 0.196. The minimum Gasteiger partial charge on any atom is -0.312 e. The highest BCUT2D eigenvalue weighted by Gasteiger charge is 2.27. The topological polar surface area (TPSA) is 49.4 Å². The smallest absolute Gasteiger partial charge is 0.151 e. The number of sulfone groups is 1. The Morgan fingerprint density at radius 2 is 2.18 bits per heavy atom. The van der Waals surface area contributed by atoms with Crippen LogP contribution in [0.1, 0.15) is 26.2 Å². The van der Waals surface area contributed by atoms with Crippen LogP contribution >= 0.6 is 0 Å². The molecule has 2 fully saturated rings. The molecule has 4 nitrogen and oxygen atoms in total. The second-order valence-corrected chi connectivity index (χ2v) is 7.83. The first-order valence-electron chi connectivity index (χ1n) is 6.71. The quantitative estimate of drug-likeness (QED) is 0.799. The fraction of sp³-hybridized carbons (Fsp3) is 1.00. The van der Waals surface area contributed by atoms with Crippen molar-refractivity contribution in [3.63, 3.8) is 0 Å². The minimum atomic E-state index is -2.74. The number of nitrogens with one attached hydrogen (secondary N) is 1. The maximum absolute atomic E-state index is 11.3. The maximum atomic E-state index is 11.3. The molecule has 0 saturated carbocycles. The number of likely N-dealkylation sites (tertiary alicyclic amines) is 1. The second-order valence-electron chi connectivity index (χ2n) is 5.60. The van der Waals surface area contributed by atoms with Crippen LogP contribution in [0.2, 0.25) is 0 Å². The third-order valence-corrected chi connectivity index (χ3v) is 5.60. The van der Waals surface area contributed by atoms with Crippen molar-refractivity contribution in [2.75, 3.05) is 37.7 Å². The third kappa shape index (κ3) is 4.23. The summed E-state index contributed by atoms with van der Waals surface area (Å²) < 4.78 is 22.6. The third-order valence-electron chi connectivity index (χ3n) is 3.83. The van der Waals surface area contributed by atoms with Gasteiger partial charge in [0.15, 0.2) is 9.84 Å². The van der Waals surface area contributed by atoms with E-state index in [4.69, 9.17) is 0 Å². The largest absolute Gasteiger partial charge is 0.312 e. The summed E-state index contributed by atoms with van der Waals surface area (Å²) in [6.45, 7) is 6.69. The summed E-state index contributed by atoms with van der Waals surface area (Å²) >= 11 is 0. The van der Waals surface area contributed by atoms with Gasteiger partial charge in [0.25, 0.3) is 0 Å². The van der Waals surface area contributed by atoms with Gasteiger partial charge in [-0.3, -0.25) is 0 Å². The van der Waals surface area contributed by atoms with Crippen molar-refractivity contribution in [2.45, 2.75) is 32.2 Å². The zero-order valence-electron chi connectivity index (χ0n) is 10.7. The molecule has 0 aromatic carbocycles. The minimum absolute atomic E-state index is 0.196. The van der Waals surface area contributed by atoms with Gasteiger partial charge in [-0.1, -0.05) is 6.92 Å². The lowest BCUT2D eigenvalue weighted by Crippen LogP contribution is -2.41. The lowest BCUT2D eigenvalue weighted by molar-refractivity contribution is 0.183. The molecule has 100 valence electrons. The molecule has 2 unspecified atom stereocenters. The molecule has 2 aliphatic rings. The Bertz CT molecular complexity index is 342. The molecular formula is C12H24N2O2S. The van der Waals surface area contributed by atoms with E-state index >= 15 is 0 Å². The van der Waals surface area contributed by atoms with Crippen LogP contribution in [-0.4, -0.2) is 57.0 Å². The lowest BCUT2D eigenvalue weighted by atomic mass is 10.0. The first kappa shape index (κ1) is 13.3. The van der Waals surface area contributed by atoms with Gasteiger partial charge in [-0.05, 0) is 31.7 Å². The second kappa shape index (κ2) is 5.67. The SMILES string of the molecule is CC1CCCN(CCNC2CCS(=O)(=O)C2)C1. The molecule has 1 N–H and O–H groups in total. The van der Waals surface area contributed by atoms with Gasteiger partial charge in [0, 0.05) is 25.7 Å². The molecule has 2 aliphatic heterocycles. The molecule has 2 atom stereocenters. The van der Waals surface area contributed by atoms with Crippen molar-refractivity contribution >= 4 is 9.84 Å². The molecule has 2 heterocycles. The van der Waals surface area contributed by atoms with Crippen molar-refractivity contribution in [2.24, 2.45) is 5.92 Å². The Morgan fingerprint density at radius 1 is 1.35 bits per heavy atom. The van der Waals surface area contributed by atoms with Gasteiger partial charge in [0.05, 0.1) is 11.5 Å². The maximum Gasteiger partial charge on any atom is 0.151 e. The molecule has 5 heteroatoms. The summed E-state index contributed by atoms with van der Waals surface area (Å²) in [5, 5.41) is 3.38. The summed E-state index contributed by atoms with van der Waals surface area (Å²) in [5.74, 6) is 1.52. The van der Waals surface area contributed by atoms with E-state index in [1.165, 1.54) is 25.9 Å². The summed E-state index contributed by atoms with van der Waals surface area (Å²) in [5.41, 5.74) is 0. The molecule has 17 heavy (non-hydrogen) atoms. The molecule has 0 aromatic rings. The van der Waals surface area contributed by atoms with Crippen LogP contribution in [0.5, 0.6) is 0 Å². The first-order valence-corrected chi connectivity index (χ1v) is 8.53. The number of piperidine rings is 1. The van der Waals surface area contributed by atoms with Gasteiger partial charge < -0.3 is 10.2 Å². The molecular weight excluding hydrogens is 236 g/mol. The summed E-state index contributed by atoms with van der Waals surface area (Å²) in [4.78, 5) is 2.49. The Hall–Kier alpha value is -0.130. The summed E-state index contributed by atoms with van der Waals surface area (Å²) in [6.07, 6.45) is 3.45. The van der Waals surface area contributed by atoms with Crippen molar-refractivity contribution < 1.29 is 8.42 Å². The van der Waals surface area contributed by atoms with Gasteiger partial charge in [-0.2, -0.15) is 0 Å². The molecule has 0 aliphatic carbocycles. The first-order chi connectivity index (χ1) is 8.05. The van der Waals surface area contributed by atoms with E-state index in [1.807, 2.05) is 0 Å². The zero-order valence-corrected chi connectivity index (χ0v) is 11.5. The number of hydrogen-bond acceptors (Lipinski definition) is 4. The van der Waals surface area contributed by atoms with Crippen molar-refractivity contribution in [3.05, 3.63) is 0 Å². The fourth-order valence-corrected chi connectivity index (χ4v) is 4.58. The molecule has 0 aromatic heterocycles. The van der Waals surface area contributed by atoms with Crippen molar-refractivity contribution in [1.29, 1.82) is 0 Å². The Kier molecular flexibility index (Phi) is 4.44. The van der Waals surface area contributed by atoms with Gasteiger partial charge in [0.2, 0.25) is 0 Å². The molecule has 0 radical (unpaired) electrons. The lowest BCUT2D eigenvalue weighted by Gasteiger charge is -2.31. The Balaban J connectivity index is 1.63. The highest BCUT2D eigenvalue weighted by Crippen LogP contribution is 2.15. The van der Waals surface area contributed by atoms with E-state index in [9.17, 15) is 8.42 Å². The number of rotatable bonds is 4. The van der Waals surface area contributed by atoms with Gasteiger partial charge in [-0.25, -0.2) is 8.42 Å². The van der Waals surface area contributed by atoms with Crippen LogP contribution in [0.4, 0.5) is 0 Å². The Labute approximate surface area is 105 Å². The monoisotopic (exact) mass is 260 g/mol. The van der Waals surface area contributed by atoms with Gasteiger partial charge in [-0.15, -0.1) is 0 Å². The van der Waals surface area contributed by atoms with E-state index < -0.39 is 9.84 Å². The average Bonchev–Trinajstić information content (AvgIpc) is 2.58. The van der Waals surface area contributed by atoms with Crippen LogP contribution in [0.15, 0.2) is 0 Å². The molecule has 0 spiro atoms. The van der Waals surface area contributed by atoms with E-state index in [-0.39, 0.29) is 6.04 Å². The van der Waals surface area contributed by atoms with Crippen LogP contribution in [0, 0.1) is 5.92 Å². The normalized spacial score (nSPS) is 33.9. The highest BCUT2D eigenvalue weighted by molar-refractivity contribution is 7.91. The predicted octanol–water partition coefficient (Wildman–Crippen LogP) is 0.495. The van der Waals surface area contributed by atoms with Crippen LogP contribution < -0.4 is 5.32 Å². The zero-order chi connectivity index (χ0) is 12.3. The van der Waals surface area contributed by atoms with Gasteiger partial charge in [0.1, 0.15) is 0 Å². The standard InChI is InChI=1S/C12H24N2O2S/c1-11-3-2-6-14(9-11)7-5-13-12-4-8-17(15,16)10-12/h11-13H,2-10H2,1H3. The molecule has 2 saturated heterocycles.